The number of halogens is 2. The van der Waals surface area contributed by atoms with Crippen molar-refractivity contribution in [1.29, 1.82) is 0 Å². The highest BCUT2D eigenvalue weighted by Crippen LogP contribution is 2.25. The van der Waals surface area contributed by atoms with Crippen LogP contribution in [0.1, 0.15) is 5.69 Å². The van der Waals surface area contributed by atoms with Crippen molar-refractivity contribution in [3.05, 3.63) is 40.1 Å². The lowest BCUT2D eigenvalue weighted by Crippen LogP contribution is -2.19. The fourth-order valence-electron chi connectivity index (χ4n) is 1.61. The maximum absolute atomic E-state index is 11.9. The normalized spacial score (nSPS) is 10.6. The number of nitrogens with two attached hydrogens (primary N) is 1. The molecule has 106 valence electrons. The molecule has 1 aromatic heterocycles. The van der Waals surface area contributed by atoms with Crippen LogP contribution in [0.5, 0.6) is 0 Å². The van der Waals surface area contributed by atoms with Crippen molar-refractivity contribution < 1.29 is 4.79 Å². The highest BCUT2D eigenvalue weighted by Gasteiger charge is 2.09. The average molecular weight is 314 g/mol. The number of carbonyl (C=O) groups is 1. The van der Waals surface area contributed by atoms with Gasteiger partial charge in [0, 0.05) is 17.6 Å². The third-order valence-electron chi connectivity index (χ3n) is 2.49. The van der Waals surface area contributed by atoms with Crippen LogP contribution in [0.4, 0.5) is 5.69 Å². The Morgan fingerprint density at radius 2 is 2.20 bits per heavy atom. The number of amides is 1. The number of aromatic nitrogens is 3. The minimum Gasteiger partial charge on any atom is -0.330 e. The highest BCUT2D eigenvalue weighted by atomic mass is 35.5. The van der Waals surface area contributed by atoms with Crippen LogP contribution in [0.15, 0.2) is 24.4 Å². The summed E-state index contributed by atoms with van der Waals surface area (Å²) in [6.45, 7) is 0.531. The molecule has 8 heteroatoms. The molecule has 1 amide bonds. The summed E-state index contributed by atoms with van der Waals surface area (Å²) in [5.74, 6) is -0.265. The first-order chi connectivity index (χ1) is 9.58. The number of benzene rings is 1. The van der Waals surface area contributed by atoms with Crippen LogP contribution in [0.3, 0.4) is 0 Å². The molecule has 2 rings (SSSR count). The minimum absolute atomic E-state index is 0.0421. The smallest absolute Gasteiger partial charge is 0.246 e. The van der Waals surface area contributed by atoms with Gasteiger partial charge in [0.05, 0.1) is 16.4 Å². The predicted octanol–water partition coefficient (Wildman–Crippen LogP) is 1.72. The summed E-state index contributed by atoms with van der Waals surface area (Å²) in [4.78, 5) is 11.9. The second-order valence-electron chi connectivity index (χ2n) is 4.12. The van der Waals surface area contributed by atoms with E-state index in [1.807, 2.05) is 0 Å². The van der Waals surface area contributed by atoms with E-state index < -0.39 is 0 Å². The van der Waals surface area contributed by atoms with Crippen molar-refractivity contribution in [2.75, 3.05) is 11.9 Å². The first kappa shape index (κ1) is 14.8. The molecule has 2 aromatic rings. The zero-order valence-corrected chi connectivity index (χ0v) is 12.0. The molecule has 1 aromatic carbocycles. The average Bonchev–Trinajstić information content (AvgIpc) is 2.81. The first-order valence-electron chi connectivity index (χ1n) is 5.92. The monoisotopic (exact) mass is 313 g/mol. The van der Waals surface area contributed by atoms with Gasteiger partial charge in [0.15, 0.2) is 0 Å². The van der Waals surface area contributed by atoms with Gasteiger partial charge in [-0.05, 0) is 24.7 Å². The van der Waals surface area contributed by atoms with Gasteiger partial charge >= 0.3 is 0 Å². The standard InChI is InChI=1S/C12H13Cl2N5O/c13-8-1-2-10(14)11(5-8)16-12(20)7-19-6-9(3-4-15)17-18-19/h1-2,5-6H,3-4,7,15H2,(H,16,20). The first-order valence-corrected chi connectivity index (χ1v) is 6.68. The molecule has 0 aliphatic rings. The topological polar surface area (TPSA) is 85.8 Å². The second kappa shape index (κ2) is 6.69. The fourth-order valence-corrected chi connectivity index (χ4v) is 1.95. The van der Waals surface area contributed by atoms with E-state index in [4.69, 9.17) is 28.9 Å². The molecule has 0 unspecified atom stereocenters. The quantitative estimate of drug-likeness (QED) is 0.880. The van der Waals surface area contributed by atoms with Crippen molar-refractivity contribution in [1.82, 2.24) is 15.0 Å². The Morgan fingerprint density at radius 1 is 1.40 bits per heavy atom. The fraction of sp³-hybridized carbons (Fsp3) is 0.250. The number of nitrogens with zero attached hydrogens (tertiary/aromatic N) is 3. The Kier molecular flexibility index (Phi) is 4.94. The second-order valence-corrected chi connectivity index (χ2v) is 4.96. The molecule has 0 atom stereocenters. The van der Waals surface area contributed by atoms with Gasteiger partial charge in [-0.1, -0.05) is 28.4 Å². The van der Waals surface area contributed by atoms with Crippen molar-refractivity contribution in [3.63, 3.8) is 0 Å². The van der Waals surface area contributed by atoms with E-state index in [1.165, 1.54) is 4.68 Å². The van der Waals surface area contributed by atoms with Crippen molar-refractivity contribution in [2.45, 2.75) is 13.0 Å². The van der Waals surface area contributed by atoms with E-state index in [2.05, 4.69) is 15.6 Å². The summed E-state index contributed by atoms with van der Waals surface area (Å²) in [6, 6.07) is 4.85. The summed E-state index contributed by atoms with van der Waals surface area (Å²) in [7, 11) is 0. The molecule has 0 saturated carbocycles. The molecule has 0 aliphatic heterocycles. The summed E-state index contributed by atoms with van der Waals surface area (Å²) in [6.07, 6.45) is 2.31. The Labute approximate surface area is 125 Å². The number of hydrogen-bond donors (Lipinski definition) is 2. The van der Waals surface area contributed by atoms with E-state index in [9.17, 15) is 4.79 Å². The summed E-state index contributed by atoms with van der Waals surface area (Å²) >= 11 is 11.8. The Balaban J connectivity index is 1.99. The lowest BCUT2D eigenvalue weighted by atomic mass is 10.3. The molecule has 1 heterocycles. The Morgan fingerprint density at radius 3 is 2.95 bits per heavy atom. The maximum Gasteiger partial charge on any atom is 0.246 e. The molecule has 0 fully saturated rings. The van der Waals surface area contributed by atoms with Gasteiger partial charge in [-0.2, -0.15) is 0 Å². The van der Waals surface area contributed by atoms with Crippen LogP contribution in [0.2, 0.25) is 10.0 Å². The van der Waals surface area contributed by atoms with Gasteiger partial charge in [0.1, 0.15) is 6.54 Å². The van der Waals surface area contributed by atoms with E-state index in [0.29, 0.717) is 28.7 Å². The lowest BCUT2D eigenvalue weighted by molar-refractivity contribution is -0.116. The lowest BCUT2D eigenvalue weighted by Gasteiger charge is -2.07. The number of carbonyl (C=O) groups excluding carboxylic acids is 1. The number of nitrogens with one attached hydrogen (secondary N) is 1. The molecule has 20 heavy (non-hydrogen) atoms. The Bertz CT molecular complexity index is 614. The molecule has 0 bridgehead atoms. The van der Waals surface area contributed by atoms with Crippen LogP contribution in [-0.4, -0.2) is 27.4 Å². The molecule has 6 nitrogen and oxygen atoms in total. The van der Waals surface area contributed by atoms with Crippen LogP contribution < -0.4 is 11.1 Å². The summed E-state index contributed by atoms with van der Waals surface area (Å²) < 4.78 is 1.44. The molecule has 0 radical (unpaired) electrons. The van der Waals surface area contributed by atoms with Crippen molar-refractivity contribution in [3.8, 4) is 0 Å². The summed E-state index contributed by atoms with van der Waals surface area (Å²) in [5.41, 5.74) is 6.64. The van der Waals surface area contributed by atoms with Gasteiger partial charge in [-0.25, -0.2) is 4.68 Å². The van der Waals surface area contributed by atoms with Gasteiger partial charge in [-0.15, -0.1) is 5.10 Å². The SMILES string of the molecule is NCCc1cn(CC(=O)Nc2cc(Cl)ccc2Cl)nn1. The van der Waals surface area contributed by atoms with Gasteiger partial charge in [0.25, 0.3) is 0 Å². The molecule has 0 aliphatic carbocycles. The van der Waals surface area contributed by atoms with Crippen molar-refractivity contribution >= 4 is 34.8 Å². The Hall–Kier alpha value is -1.63. The molecular formula is C12H13Cl2N5O. The zero-order valence-electron chi connectivity index (χ0n) is 10.5. The molecule has 0 saturated heterocycles. The largest absolute Gasteiger partial charge is 0.330 e. The predicted molar refractivity (Wildman–Crippen MR) is 77.9 cm³/mol. The van der Waals surface area contributed by atoms with Crippen molar-refractivity contribution in [2.24, 2.45) is 5.73 Å². The van der Waals surface area contributed by atoms with Gasteiger partial charge in [0.2, 0.25) is 5.91 Å². The number of rotatable bonds is 5. The van der Waals surface area contributed by atoms with E-state index in [-0.39, 0.29) is 12.5 Å². The van der Waals surface area contributed by atoms with Gasteiger partial charge in [-0.3, -0.25) is 4.79 Å². The molecule has 0 spiro atoms. The van der Waals surface area contributed by atoms with Crippen LogP contribution in [0.25, 0.3) is 0 Å². The zero-order chi connectivity index (χ0) is 14.5. The highest BCUT2D eigenvalue weighted by molar-refractivity contribution is 6.35. The molecule has 3 N–H and O–H groups in total. The van der Waals surface area contributed by atoms with E-state index >= 15 is 0 Å². The third kappa shape index (κ3) is 3.93. The van der Waals surface area contributed by atoms with Crippen LogP contribution in [0, 0.1) is 0 Å². The van der Waals surface area contributed by atoms with Crippen LogP contribution >= 0.6 is 23.2 Å². The summed E-state index contributed by atoms with van der Waals surface area (Å²) in [5, 5.41) is 11.3. The molecular weight excluding hydrogens is 301 g/mol. The number of anilines is 1. The third-order valence-corrected chi connectivity index (χ3v) is 3.06. The van der Waals surface area contributed by atoms with Gasteiger partial charge < -0.3 is 11.1 Å². The van der Waals surface area contributed by atoms with E-state index in [0.717, 1.165) is 5.69 Å². The van der Waals surface area contributed by atoms with Crippen LogP contribution in [-0.2, 0) is 17.8 Å². The van der Waals surface area contributed by atoms with E-state index in [1.54, 1.807) is 24.4 Å². The maximum atomic E-state index is 11.9. The minimum atomic E-state index is -0.265. The number of hydrogen-bond acceptors (Lipinski definition) is 4.